The minimum atomic E-state index is -0.261. The van der Waals surface area contributed by atoms with Crippen molar-refractivity contribution in [2.24, 2.45) is 0 Å². The van der Waals surface area contributed by atoms with E-state index in [9.17, 15) is 9.59 Å². The van der Waals surface area contributed by atoms with Gasteiger partial charge in [-0.3, -0.25) is 9.59 Å². The second-order valence-corrected chi connectivity index (χ2v) is 9.29. The predicted molar refractivity (Wildman–Crippen MR) is 128 cm³/mol. The molecule has 0 amide bonds. The number of fused-ring (bicyclic) bond motifs is 3. The van der Waals surface area contributed by atoms with Crippen molar-refractivity contribution in [3.63, 3.8) is 0 Å². The molecule has 0 N–H and O–H groups in total. The Kier molecular flexibility index (Phi) is 4.12. The molecular weight excluding hydrogens is 438 g/mol. The summed E-state index contributed by atoms with van der Waals surface area (Å²) in [7, 11) is 0. The number of thiazole rings is 2. The zero-order valence-electron chi connectivity index (χ0n) is 16.3. The van der Waals surface area contributed by atoms with Gasteiger partial charge in [0.05, 0.1) is 12.1 Å². The van der Waals surface area contributed by atoms with E-state index in [1.165, 1.54) is 22.7 Å². The van der Waals surface area contributed by atoms with Crippen LogP contribution < -0.4 is 0 Å². The predicted octanol–water partition coefficient (Wildman–Crippen LogP) is 6.59. The number of allylic oxidation sites excluding steroid dienone is 1. The number of rotatable bonds is 2. The van der Waals surface area contributed by atoms with E-state index in [4.69, 9.17) is 6.57 Å². The number of carbonyl (C=O) groups excluding carboxylic acids is 2. The van der Waals surface area contributed by atoms with Crippen molar-refractivity contribution in [1.29, 1.82) is 0 Å². The maximum absolute atomic E-state index is 13.0. The van der Waals surface area contributed by atoms with E-state index >= 15 is 0 Å². The molecule has 0 unspecified atom stereocenters. The van der Waals surface area contributed by atoms with Crippen LogP contribution in [0.1, 0.15) is 25.7 Å². The normalized spacial score (nSPS) is 13.0. The monoisotopic (exact) mass is 449 g/mol. The lowest BCUT2D eigenvalue weighted by atomic mass is 10.0. The van der Waals surface area contributed by atoms with E-state index in [0.29, 0.717) is 21.8 Å². The molecule has 5 aromatic rings. The van der Waals surface area contributed by atoms with Gasteiger partial charge in [-0.05, 0) is 29.0 Å². The lowest BCUT2D eigenvalue weighted by molar-refractivity contribution is 0.0990. The van der Waals surface area contributed by atoms with Gasteiger partial charge in [0.1, 0.15) is 10.0 Å². The molecule has 7 heteroatoms. The van der Waals surface area contributed by atoms with Gasteiger partial charge < -0.3 is 0 Å². The summed E-state index contributed by atoms with van der Waals surface area (Å²) >= 11 is 2.80. The first-order chi connectivity index (χ1) is 15.6. The maximum atomic E-state index is 13.0. The van der Waals surface area contributed by atoms with Gasteiger partial charge in [0.25, 0.3) is 0 Å². The number of ketones is 2. The molecule has 0 radical (unpaired) electrons. The summed E-state index contributed by atoms with van der Waals surface area (Å²) in [5.41, 5.74) is 2.55. The highest BCUT2D eigenvalue weighted by Crippen LogP contribution is 2.36. The fourth-order valence-corrected chi connectivity index (χ4v) is 5.78. The fourth-order valence-electron chi connectivity index (χ4n) is 3.78. The first-order valence-electron chi connectivity index (χ1n) is 9.70. The Morgan fingerprint density at radius 3 is 2.03 bits per heavy atom. The zero-order chi connectivity index (χ0) is 21.8. The fraction of sp³-hybridized carbons (Fsp3) is 0. The molecule has 0 fully saturated rings. The third kappa shape index (κ3) is 2.89. The van der Waals surface area contributed by atoms with E-state index in [2.05, 4.69) is 14.8 Å². The highest BCUT2D eigenvalue weighted by atomic mass is 32.1. The van der Waals surface area contributed by atoms with Crippen LogP contribution in [0.3, 0.4) is 0 Å². The van der Waals surface area contributed by atoms with Gasteiger partial charge in [-0.2, -0.15) is 0 Å². The van der Waals surface area contributed by atoms with Gasteiger partial charge in [0.2, 0.25) is 0 Å². The van der Waals surface area contributed by atoms with Gasteiger partial charge >= 0.3 is 0 Å². The Hall–Kier alpha value is -3.99. The summed E-state index contributed by atoms with van der Waals surface area (Å²) in [5.74, 6) is -0.522. The molecule has 0 saturated heterocycles. The Bertz CT molecular complexity index is 1580. The number of carbonyl (C=O) groups is 2. The summed E-state index contributed by atoms with van der Waals surface area (Å²) in [6.07, 6.45) is 1.58. The lowest BCUT2D eigenvalue weighted by Gasteiger charge is -2.00. The van der Waals surface area contributed by atoms with E-state index in [1.807, 2.05) is 36.4 Å². The van der Waals surface area contributed by atoms with Gasteiger partial charge in [0, 0.05) is 16.7 Å². The van der Waals surface area contributed by atoms with Crippen LogP contribution >= 0.6 is 22.7 Å². The van der Waals surface area contributed by atoms with E-state index in [0.717, 1.165) is 31.0 Å². The van der Waals surface area contributed by atoms with Crippen molar-refractivity contribution in [3.05, 3.63) is 93.8 Å². The zero-order valence-corrected chi connectivity index (χ0v) is 18.0. The molecule has 32 heavy (non-hydrogen) atoms. The molecule has 6 rings (SSSR count). The lowest BCUT2D eigenvalue weighted by Crippen LogP contribution is -1.99. The van der Waals surface area contributed by atoms with Gasteiger partial charge in [-0.15, -0.1) is 0 Å². The smallest absolute Gasteiger partial charge is 0.197 e. The first kappa shape index (κ1) is 18.8. The number of benzene rings is 3. The van der Waals surface area contributed by atoms with E-state index in [-0.39, 0.29) is 17.1 Å². The molecule has 1 aliphatic carbocycles. The molecular formula is C25H11N3O2S2. The SMILES string of the molecule is [C-]#[N+]c1ccc(-c2nc3sc(C=C4C(=O)c5cc6ccccc6cc5C4=O)nc3s2)cc1. The minimum absolute atomic E-state index is 0.145. The number of hydrogen-bond acceptors (Lipinski definition) is 6. The number of hydrogen-bond donors (Lipinski definition) is 0. The van der Waals surface area contributed by atoms with E-state index < -0.39 is 0 Å². The molecule has 2 heterocycles. The Balaban J connectivity index is 1.36. The quantitative estimate of drug-likeness (QED) is 0.173. The third-order valence-electron chi connectivity index (χ3n) is 5.37. The van der Waals surface area contributed by atoms with Crippen LogP contribution in [-0.2, 0) is 0 Å². The van der Waals surface area contributed by atoms with Gasteiger partial charge in [-0.1, -0.05) is 71.2 Å². The summed E-state index contributed by atoms with van der Waals surface area (Å²) in [5, 5.41) is 3.28. The molecule has 0 saturated carbocycles. The largest absolute Gasteiger partial charge is 0.288 e. The van der Waals surface area contributed by atoms with Crippen LogP contribution in [0, 0.1) is 6.57 Å². The summed E-state index contributed by atoms with van der Waals surface area (Å²) in [6, 6.07) is 18.5. The van der Waals surface area contributed by atoms with Gasteiger partial charge in [-0.25, -0.2) is 14.8 Å². The van der Waals surface area contributed by atoms with Crippen molar-refractivity contribution in [3.8, 4) is 10.6 Å². The molecule has 0 bridgehead atoms. The van der Waals surface area contributed by atoms with Gasteiger partial charge in [0.15, 0.2) is 26.9 Å². The molecule has 150 valence electrons. The van der Waals surface area contributed by atoms with Crippen LogP contribution in [-0.4, -0.2) is 21.5 Å². The minimum Gasteiger partial charge on any atom is -0.288 e. The van der Waals surface area contributed by atoms with Crippen LogP contribution in [0.4, 0.5) is 5.69 Å². The number of Topliss-reactive ketones (excluding diaryl/α,β-unsaturated/α-hetero) is 2. The first-order valence-corrected chi connectivity index (χ1v) is 11.3. The van der Waals surface area contributed by atoms with Crippen molar-refractivity contribution in [2.75, 3.05) is 0 Å². The standard InChI is InChI=1S/C25H11N3O2S2/c1-26-16-8-6-13(7-9-16)23-28-25-24(32-23)27-20(31-25)12-19-21(29)17-10-14-4-2-3-5-15(14)11-18(17)22(19)30/h2-12H. The second-order valence-electron chi connectivity index (χ2n) is 7.30. The average Bonchev–Trinajstić information content (AvgIpc) is 3.45. The number of aromatic nitrogens is 2. The van der Waals surface area contributed by atoms with Crippen molar-refractivity contribution >= 4 is 66.4 Å². The maximum Gasteiger partial charge on any atom is 0.197 e. The topological polar surface area (TPSA) is 64.3 Å². The third-order valence-corrected chi connectivity index (χ3v) is 7.39. The Morgan fingerprint density at radius 2 is 1.44 bits per heavy atom. The summed E-state index contributed by atoms with van der Waals surface area (Å²) in [4.78, 5) is 40.1. The Morgan fingerprint density at radius 1 is 0.812 bits per heavy atom. The Labute approximate surface area is 190 Å². The molecule has 3 aromatic carbocycles. The van der Waals surface area contributed by atoms with Crippen LogP contribution in [0.5, 0.6) is 0 Å². The van der Waals surface area contributed by atoms with Crippen molar-refractivity contribution < 1.29 is 9.59 Å². The van der Waals surface area contributed by atoms with E-state index in [1.54, 1.807) is 30.3 Å². The molecule has 5 nitrogen and oxygen atoms in total. The van der Waals surface area contributed by atoms with Crippen molar-refractivity contribution in [2.45, 2.75) is 0 Å². The van der Waals surface area contributed by atoms with Crippen LogP contribution in [0.15, 0.2) is 66.2 Å². The molecule has 0 aliphatic heterocycles. The molecule has 0 atom stereocenters. The molecule has 0 spiro atoms. The van der Waals surface area contributed by atoms with Crippen LogP contribution in [0.25, 0.3) is 41.9 Å². The average molecular weight is 450 g/mol. The summed E-state index contributed by atoms with van der Waals surface area (Å²) in [6.45, 7) is 7.06. The molecule has 1 aliphatic rings. The summed E-state index contributed by atoms with van der Waals surface area (Å²) < 4.78 is 0. The molecule has 2 aromatic heterocycles. The number of nitrogens with zero attached hydrogens (tertiary/aromatic N) is 3. The second kappa shape index (κ2) is 7.02. The highest BCUT2D eigenvalue weighted by Gasteiger charge is 2.33. The highest BCUT2D eigenvalue weighted by molar-refractivity contribution is 7.28. The van der Waals surface area contributed by atoms with Crippen LogP contribution in [0.2, 0.25) is 0 Å². The van der Waals surface area contributed by atoms with Crippen molar-refractivity contribution in [1.82, 2.24) is 9.97 Å².